The van der Waals surface area contributed by atoms with Crippen LogP contribution >= 0.6 is 11.3 Å². The molecule has 9 heteroatoms. The van der Waals surface area contributed by atoms with Gasteiger partial charge in [-0.25, -0.2) is 4.39 Å². The molecule has 31 heavy (non-hydrogen) atoms. The smallest absolute Gasteiger partial charge is 0.296 e. The average Bonchev–Trinajstić information content (AvgIpc) is 3.42. The van der Waals surface area contributed by atoms with Gasteiger partial charge in [0.15, 0.2) is 0 Å². The molecule has 2 unspecified atom stereocenters. The molecule has 0 radical (unpaired) electrons. The van der Waals surface area contributed by atoms with Crippen LogP contribution in [0.4, 0.5) is 4.39 Å². The van der Waals surface area contributed by atoms with E-state index < -0.39 is 11.9 Å². The first-order valence-corrected chi connectivity index (χ1v) is 10.9. The van der Waals surface area contributed by atoms with E-state index >= 15 is 0 Å². The lowest BCUT2D eigenvalue weighted by Gasteiger charge is -2.36. The normalized spacial score (nSPS) is 18.4. The first-order valence-electron chi connectivity index (χ1n) is 10.0. The van der Waals surface area contributed by atoms with Crippen molar-refractivity contribution in [2.24, 2.45) is 5.92 Å². The minimum Gasteiger partial charge on any atom is -0.345 e. The molecule has 0 bridgehead atoms. The highest BCUT2D eigenvalue weighted by Crippen LogP contribution is 2.26. The van der Waals surface area contributed by atoms with Gasteiger partial charge >= 0.3 is 0 Å². The lowest BCUT2D eigenvalue weighted by atomic mass is 10.1. The van der Waals surface area contributed by atoms with Crippen LogP contribution in [0.15, 0.2) is 46.3 Å². The number of amides is 2. The number of nitrogens with zero attached hydrogens (tertiary/aromatic N) is 3. The quantitative estimate of drug-likeness (QED) is 0.651. The summed E-state index contributed by atoms with van der Waals surface area (Å²) < 4.78 is 18.2. The maximum atomic E-state index is 13.0. The Bertz CT molecular complexity index is 1020. The van der Waals surface area contributed by atoms with Gasteiger partial charge in [-0.15, -0.1) is 11.3 Å². The number of hydrogen-bond acceptors (Lipinski definition) is 6. The highest BCUT2D eigenvalue weighted by atomic mass is 32.1. The van der Waals surface area contributed by atoms with E-state index in [-0.39, 0.29) is 29.5 Å². The lowest BCUT2D eigenvalue weighted by molar-refractivity contribution is -0.128. The van der Waals surface area contributed by atoms with Crippen LogP contribution in [-0.4, -0.2) is 39.4 Å². The van der Waals surface area contributed by atoms with Gasteiger partial charge in [-0.2, -0.15) is 4.98 Å². The van der Waals surface area contributed by atoms with Gasteiger partial charge in [-0.05, 0) is 48.6 Å². The van der Waals surface area contributed by atoms with Crippen molar-refractivity contribution in [1.82, 2.24) is 20.4 Å². The van der Waals surface area contributed by atoms with Crippen LogP contribution in [0, 0.1) is 11.7 Å². The molecule has 0 saturated carbocycles. The average molecular weight is 445 g/mol. The van der Waals surface area contributed by atoms with Crippen molar-refractivity contribution in [3.05, 3.63) is 58.3 Å². The van der Waals surface area contributed by atoms with Crippen molar-refractivity contribution in [1.29, 1.82) is 0 Å². The van der Waals surface area contributed by atoms with Crippen LogP contribution in [0.25, 0.3) is 11.5 Å². The molecule has 7 nitrogen and oxygen atoms in total. The summed E-state index contributed by atoms with van der Waals surface area (Å²) in [7, 11) is 0. The second-order valence-corrected chi connectivity index (χ2v) is 8.85. The van der Waals surface area contributed by atoms with Crippen LogP contribution in [0.2, 0.25) is 0 Å². The van der Waals surface area contributed by atoms with Gasteiger partial charge in [-0.3, -0.25) is 9.59 Å². The minimum atomic E-state index is -0.651. The van der Waals surface area contributed by atoms with E-state index in [9.17, 15) is 14.0 Å². The molecule has 1 aromatic carbocycles. The summed E-state index contributed by atoms with van der Waals surface area (Å²) in [6.45, 7) is 8.46. The Morgan fingerprint density at radius 3 is 2.55 bits per heavy atom. The number of hydrogen-bond donors (Lipinski definition) is 1. The minimum absolute atomic E-state index is 0.113. The van der Waals surface area contributed by atoms with Gasteiger partial charge in [0.1, 0.15) is 11.9 Å². The van der Waals surface area contributed by atoms with Crippen LogP contribution in [0.5, 0.6) is 0 Å². The summed E-state index contributed by atoms with van der Waals surface area (Å²) in [4.78, 5) is 31.7. The summed E-state index contributed by atoms with van der Waals surface area (Å²) in [6, 6.07) is 8.39. The Morgan fingerprint density at radius 1 is 1.26 bits per heavy atom. The molecule has 164 valence electrons. The summed E-state index contributed by atoms with van der Waals surface area (Å²) in [5, 5.41) is 8.57. The Balaban J connectivity index is 0.000000628. The highest BCUT2D eigenvalue weighted by Gasteiger charge is 2.37. The molecular weight excluding hydrogens is 419 g/mol. The van der Waals surface area contributed by atoms with Crippen LogP contribution in [0.3, 0.4) is 0 Å². The zero-order valence-corrected chi connectivity index (χ0v) is 18.6. The fourth-order valence-corrected chi connectivity index (χ4v) is 3.66. The fraction of sp³-hybridized carbons (Fsp3) is 0.364. The second-order valence-electron chi connectivity index (χ2n) is 7.87. The largest absolute Gasteiger partial charge is 0.345 e. The van der Waals surface area contributed by atoms with E-state index in [1.54, 1.807) is 6.92 Å². The summed E-state index contributed by atoms with van der Waals surface area (Å²) in [6.07, 6.45) is 0. The molecule has 3 heterocycles. The predicted octanol–water partition coefficient (Wildman–Crippen LogP) is 4.30. The number of carbonyl (C=O) groups excluding carboxylic acids is 2. The maximum Gasteiger partial charge on any atom is 0.296 e. The van der Waals surface area contributed by atoms with E-state index in [4.69, 9.17) is 4.52 Å². The second kappa shape index (κ2) is 9.82. The van der Waals surface area contributed by atoms with E-state index in [1.807, 2.05) is 17.5 Å². The number of nitrogens with one attached hydrogen (secondary N) is 1. The number of halogens is 1. The first kappa shape index (κ1) is 22.6. The Hall–Kier alpha value is -3.07. The predicted molar refractivity (Wildman–Crippen MR) is 116 cm³/mol. The molecule has 0 aliphatic carbocycles. The maximum absolute atomic E-state index is 13.0. The molecule has 1 fully saturated rings. The zero-order valence-electron chi connectivity index (χ0n) is 17.8. The third-order valence-electron chi connectivity index (χ3n) is 4.40. The van der Waals surface area contributed by atoms with Crippen molar-refractivity contribution in [2.45, 2.75) is 39.8 Å². The Morgan fingerprint density at radius 2 is 1.94 bits per heavy atom. The highest BCUT2D eigenvalue weighted by molar-refractivity contribution is 7.10. The summed E-state index contributed by atoms with van der Waals surface area (Å²) in [5.74, 6) is -0.309. The number of thiophene rings is 1. The first-order chi connectivity index (χ1) is 14.8. The summed E-state index contributed by atoms with van der Waals surface area (Å²) >= 11 is 1.51. The zero-order chi connectivity index (χ0) is 22.5. The molecule has 2 atom stereocenters. The number of carbonyl (C=O) groups is 2. The van der Waals surface area contributed by atoms with Crippen molar-refractivity contribution in [3.8, 4) is 11.5 Å². The third-order valence-corrected chi connectivity index (χ3v) is 5.38. The SMILES string of the molecule is CC(C)C.CC1C(=O)NC(c2cccs2)CN1C(=O)c1noc(-c2ccc(F)cc2)n1. The van der Waals surface area contributed by atoms with E-state index in [1.165, 1.54) is 40.5 Å². The van der Waals surface area contributed by atoms with Gasteiger partial charge in [0.05, 0.1) is 6.04 Å². The molecule has 2 aromatic heterocycles. The molecule has 4 rings (SSSR count). The van der Waals surface area contributed by atoms with Gasteiger partial charge in [0, 0.05) is 17.0 Å². The van der Waals surface area contributed by atoms with Gasteiger partial charge in [-0.1, -0.05) is 32.0 Å². The van der Waals surface area contributed by atoms with Crippen molar-refractivity contribution >= 4 is 23.2 Å². The molecule has 1 aliphatic heterocycles. The molecule has 1 saturated heterocycles. The number of rotatable bonds is 3. The number of benzene rings is 1. The molecule has 2 amide bonds. The molecule has 1 N–H and O–H groups in total. The monoisotopic (exact) mass is 444 g/mol. The van der Waals surface area contributed by atoms with Gasteiger partial charge < -0.3 is 14.7 Å². The third kappa shape index (κ3) is 5.55. The topological polar surface area (TPSA) is 88.3 Å². The Kier molecular flexibility index (Phi) is 7.17. The summed E-state index contributed by atoms with van der Waals surface area (Å²) in [5.41, 5.74) is 0.504. The van der Waals surface area contributed by atoms with E-state index in [0.29, 0.717) is 12.1 Å². The molecule has 3 aromatic rings. The van der Waals surface area contributed by atoms with Crippen LogP contribution in [-0.2, 0) is 4.79 Å². The Labute approximate surface area is 184 Å². The molecule has 0 spiro atoms. The molecular formula is C22H25FN4O3S. The van der Waals surface area contributed by atoms with Gasteiger partial charge in [0.2, 0.25) is 5.91 Å². The van der Waals surface area contributed by atoms with Crippen molar-refractivity contribution in [3.63, 3.8) is 0 Å². The van der Waals surface area contributed by atoms with E-state index in [0.717, 1.165) is 10.8 Å². The van der Waals surface area contributed by atoms with E-state index in [2.05, 4.69) is 36.2 Å². The van der Waals surface area contributed by atoms with Crippen molar-refractivity contribution in [2.75, 3.05) is 6.54 Å². The van der Waals surface area contributed by atoms with Crippen LogP contribution in [0.1, 0.15) is 49.2 Å². The standard InChI is InChI=1S/C18H15FN4O3S.C4H10/c1-10-16(24)20-13(14-3-2-8-27-14)9-23(10)18(25)15-21-17(26-22-15)11-4-6-12(19)7-5-11;1-4(2)3/h2-8,10,13H,9H2,1H3,(H,20,24);4H,1-3H3. The molecule has 1 aliphatic rings. The van der Waals surface area contributed by atoms with Crippen LogP contribution < -0.4 is 5.32 Å². The number of piperazine rings is 1. The number of aromatic nitrogens is 2. The van der Waals surface area contributed by atoms with Crippen molar-refractivity contribution < 1.29 is 18.5 Å². The van der Waals surface area contributed by atoms with Gasteiger partial charge in [0.25, 0.3) is 17.6 Å². The fourth-order valence-electron chi connectivity index (χ4n) is 2.89. The lowest BCUT2D eigenvalue weighted by Crippen LogP contribution is -2.57.